The van der Waals surface area contributed by atoms with E-state index in [0.29, 0.717) is 35.3 Å². The summed E-state index contributed by atoms with van der Waals surface area (Å²) in [4.78, 5) is 12.5. The van der Waals surface area contributed by atoms with Crippen LogP contribution in [-0.4, -0.2) is 27.5 Å². The molecule has 138 valence electrons. The minimum Gasteiger partial charge on any atom is -0.486 e. The van der Waals surface area contributed by atoms with Crippen molar-refractivity contribution in [3.8, 4) is 11.5 Å². The third kappa shape index (κ3) is 3.92. The summed E-state index contributed by atoms with van der Waals surface area (Å²) in [6.07, 6.45) is 0. The van der Waals surface area contributed by atoms with Crippen molar-refractivity contribution in [1.29, 1.82) is 0 Å². The number of primary sulfonamides is 1. The van der Waals surface area contributed by atoms with Gasteiger partial charge in [-0.15, -0.1) is 0 Å². The summed E-state index contributed by atoms with van der Waals surface area (Å²) in [6, 6.07) is 8.73. The van der Waals surface area contributed by atoms with Crippen molar-refractivity contribution in [1.82, 2.24) is 5.32 Å². The van der Waals surface area contributed by atoms with E-state index in [1.54, 1.807) is 25.1 Å². The number of halogens is 1. The molecule has 1 heterocycles. The number of carbonyl (C=O) groups excluding carboxylic acids is 1. The summed E-state index contributed by atoms with van der Waals surface area (Å²) in [7, 11) is -3.75. The number of fused-ring (bicyclic) bond motifs is 1. The zero-order valence-corrected chi connectivity index (χ0v) is 15.4. The Morgan fingerprint density at radius 1 is 1.19 bits per heavy atom. The molecule has 0 spiro atoms. The number of rotatable bonds is 4. The van der Waals surface area contributed by atoms with E-state index in [4.69, 9.17) is 26.2 Å². The molecule has 0 fully saturated rings. The Hall–Kier alpha value is -2.29. The second-order valence-electron chi connectivity index (χ2n) is 5.79. The van der Waals surface area contributed by atoms with E-state index < -0.39 is 10.0 Å². The number of benzene rings is 2. The molecule has 2 aromatic carbocycles. The van der Waals surface area contributed by atoms with Crippen LogP contribution in [0.15, 0.2) is 41.3 Å². The largest absolute Gasteiger partial charge is 0.486 e. The van der Waals surface area contributed by atoms with E-state index >= 15 is 0 Å². The maximum atomic E-state index is 12.5. The number of nitrogens with two attached hydrogens (primary N) is 1. The third-order valence-corrected chi connectivity index (χ3v) is 5.13. The molecule has 0 aliphatic carbocycles. The van der Waals surface area contributed by atoms with Gasteiger partial charge in [-0.3, -0.25) is 4.79 Å². The molecule has 0 saturated carbocycles. The van der Waals surface area contributed by atoms with Gasteiger partial charge in [0.05, 0.1) is 16.0 Å². The molecule has 1 aliphatic rings. The van der Waals surface area contributed by atoms with E-state index in [-0.39, 0.29) is 16.8 Å². The molecular weight excluding hydrogens is 380 g/mol. The predicted molar refractivity (Wildman–Crippen MR) is 96.1 cm³/mol. The molecule has 3 N–H and O–H groups in total. The van der Waals surface area contributed by atoms with Gasteiger partial charge in [-0.25, -0.2) is 13.6 Å². The zero-order valence-electron chi connectivity index (χ0n) is 13.9. The van der Waals surface area contributed by atoms with Gasteiger partial charge in [0.15, 0.2) is 11.5 Å². The highest BCUT2D eigenvalue weighted by atomic mass is 35.5. The van der Waals surface area contributed by atoms with Gasteiger partial charge in [-0.05, 0) is 36.8 Å². The maximum Gasteiger partial charge on any atom is 0.251 e. The van der Waals surface area contributed by atoms with Crippen LogP contribution in [0.3, 0.4) is 0 Å². The molecule has 3 rings (SSSR count). The number of carbonyl (C=O) groups is 1. The molecule has 1 aliphatic heterocycles. The first-order chi connectivity index (χ1) is 12.3. The van der Waals surface area contributed by atoms with Gasteiger partial charge < -0.3 is 14.8 Å². The Morgan fingerprint density at radius 3 is 2.50 bits per heavy atom. The van der Waals surface area contributed by atoms with Gasteiger partial charge in [0.25, 0.3) is 5.91 Å². The summed E-state index contributed by atoms with van der Waals surface area (Å²) in [5, 5.41) is 8.21. The van der Waals surface area contributed by atoms with E-state index in [1.165, 1.54) is 18.2 Å². The minimum absolute atomic E-state index is 0.0124. The smallest absolute Gasteiger partial charge is 0.251 e. The SMILES string of the molecule is C[C@H](NC(=O)c1cc(Cl)c2c(c1)OCCO2)c1ccc(S(N)(=O)=O)cc1. The van der Waals surface area contributed by atoms with E-state index in [2.05, 4.69) is 5.32 Å². The fourth-order valence-corrected chi connectivity index (χ4v) is 3.33. The summed E-state index contributed by atoms with van der Waals surface area (Å²) in [5.41, 5.74) is 1.07. The van der Waals surface area contributed by atoms with Crippen molar-refractivity contribution in [2.24, 2.45) is 5.14 Å². The molecule has 0 radical (unpaired) electrons. The Balaban J connectivity index is 1.76. The molecule has 0 bridgehead atoms. The highest BCUT2D eigenvalue weighted by Crippen LogP contribution is 2.38. The van der Waals surface area contributed by atoms with Gasteiger partial charge >= 0.3 is 0 Å². The molecule has 9 heteroatoms. The number of amides is 1. The molecule has 0 saturated heterocycles. The number of hydrogen-bond acceptors (Lipinski definition) is 5. The lowest BCUT2D eigenvalue weighted by Crippen LogP contribution is -2.27. The number of ether oxygens (including phenoxy) is 2. The lowest BCUT2D eigenvalue weighted by molar-refractivity contribution is 0.0938. The maximum absolute atomic E-state index is 12.5. The summed E-state index contributed by atoms with van der Waals surface area (Å²) >= 11 is 6.15. The van der Waals surface area contributed by atoms with Gasteiger partial charge in [0.1, 0.15) is 13.2 Å². The van der Waals surface area contributed by atoms with Gasteiger partial charge in [-0.1, -0.05) is 23.7 Å². The molecule has 26 heavy (non-hydrogen) atoms. The van der Waals surface area contributed by atoms with Crippen LogP contribution in [0.5, 0.6) is 11.5 Å². The summed E-state index contributed by atoms with van der Waals surface area (Å²) in [6.45, 7) is 2.58. The van der Waals surface area contributed by atoms with E-state index in [9.17, 15) is 13.2 Å². The van der Waals surface area contributed by atoms with Gasteiger partial charge in [0.2, 0.25) is 10.0 Å². The van der Waals surface area contributed by atoms with Crippen molar-refractivity contribution >= 4 is 27.5 Å². The van der Waals surface area contributed by atoms with Crippen molar-refractivity contribution in [3.63, 3.8) is 0 Å². The van der Waals surface area contributed by atoms with Gasteiger partial charge in [-0.2, -0.15) is 0 Å². The van der Waals surface area contributed by atoms with Crippen molar-refractivity contribution in [2.75, 3.05) is 13.2 Å². The standard InChI is InChI=1S/C17H17ClN2O5S/c1-10(11-2-4-13(5-3-11)26(19,22)23)20-17(21)12-8-14(18)16-15(9-12)24-6-7-25-16/h2-5,8-10H,6-7H2,1H3,(H,20,21)(H2,19,22,23)/t10-/m0/s1. The Bertz CT molecular complexity index is 944. The first kappa shape index (κ1) is 18.5. The molecule has 1 amide bonds. The van der Waals surface area contributed by atoms with Crippen molar-refractivity contribution < 1.29 is 22.7 Å². The number of nitrogens with one attached hydrogen (secondary N) is 1. The van der Waals surface area contributed by atoms with E-state index in [1.807, 2.05) is 0 Å². The fourth-order valence-electron chi connectivity index (χ4n) is 2.55. The third-order valence-electron chi connectivity index (χ3n) is 3.92. The monoisotopic (exact) mass is 396 g/mol. The van der Waals surface area contributed by atoms with Crippen LogP contribution in [0, 0.1) is 0 Å². The quantitative estimate of drug-likeness (QED) is 0.824. The van der Waals surface area contributed by atoms with Crippen LogP contribution in [0.4, 0.5) is 0 Å². The molecule has 7 nitrogen and oxygen atoms in total. The lowest BCUT2D eigenvalue weighted by atomic mass is 10.1. The first-order valence-electron chi connectivity index (χ1n) is 7.78. The lowest BCUT2D eigenvalue weighted by Gasteiger charge is -2.21. The summed E-state index contributed by atoms with van der Waals surface area (Å²) in [5.74, 6) is 0.520. The number of sulfonamides is 1. The van der Waals surface area contributed by atoms with Crippen molar-refractivity contribution in [3.05, 3.63) is 52.5 Å². The van der Waals surface area contributed by atoms with Crippen LogP contribution < -0.4 is 19.9 Å². The molecule has 2 aromatic rings. The van der Waals surface area contributed by atoms with Crippen molar-refractivity contribution in [2.45, 2.75) is 17.9 Å². The average Bonchev–Trinajstić information content (AvgIpc) is 2.61. The Labute approximate surface area is 156 Å². The second-order valence-corrected chi connectivity index (χ2v) is 7.76. The summed E-state index contributed by atoms with van der Waals surface area (Å²) < 4.78 is 33.5. The highest BCUT2D eigenvalue weighted by molar-refractivity contribution is 7.89. The Kier molecular flexibility index (Phi) is 5.08. The fraction of sp³-hybridized carbons (Fsp3) is 0.235. The van der Waals surface area contributed by atoms with Crippen LogP contribution >= 0.6 is 11.6 Å². The first-order valence-corrected chi connectivity index (χ1v) is 9.71. The predicted octanol–water partition coefficient (Wildman–Crippen LogP) is 2.25. The molecule has 0 unspecified atom stereocenters. The molecule has 1 atom stereocenters. The van der Waals surface area contributed by atoms with Crippen LogP contribution in [0.1, 0.15) is 28.9 Å². The number of hydrogen-bond donors (Lipinski definition) is 2. The van der Waals surface area contributed by atoms with Crippen LogP contribution in [0.25, 0.3) is 0 Å². The average molecular weight is 397 g/mol. The van der Waals surface area contributed by atoms with Crippen LogP contribution in [-0.2, 0) is 10.0 Å². The Morgan fingerprint density at radius 2 is 1.85 bits per heavy atom. The molecular formula is C17H17ClN2O5S. The van der Waals surface area contributed by atoms with Gasteiger partial charge in [0, 0.05) is 5.56 Å². The highest BCUT2D eigenvalue weighted by Gasteiger charge is 2.20. The van der Waals surface area contributed by atoms with E-state index in [0.717, 1.165) is 5.56 Å². The molecule has 0 aromatic heterocycles. The zero-order chi connectivity index (χ0) is 18.9. The second kappa shape index (κ2) is 7.14. The topological polar surface area (TPSA) is 108 Å². The van der Waals surface area contributed by atoms with Crippen LogP contribution in [0.2, 0.25) is 5.02 Å². The minimum atomic E-state index is -3.75. The normalized spacial score (nSPS) is 14.6.